The lowest BCUT2D eigenvalue weighted by molar-refractivity contribution is 1.21. The molecular weight excluding hydrogens is 144 g/mol. The van der Waals surface area contributed by atoms with E-state index in [0.29, 0.717) is 0 Å². The Hall–Kier alpha value is -1.39. The summed E-state index contributed by atoms with van der Waals surface area (Å²) in [6.07, 6.45) is 5.10. The third-order valence-corrected chi connectivity index (χ3v) is 2.21. The molecule has 0 atom stereocenters. The maximum Gasteiger partial charge on any atom is 0.187 e. The summed E-state index contributed by atoms with van der Waals surface area (Å²) in [4.78, 5) is 0. The van der Waals surface area contributed by atoms with Gasteiger partial charge in [-0.1, -0.05) is 0 Å². The molecule has 0 unspecified atom stereocenters. The molecule has 0 fully saturated rings. The quantitative estimate of drug-likeness (QED) is 0.505. The van der Waals surface area contributed by atoms with Crippen molar-refractivity contribution in [2.45, 2.75) is 13.3 Å². The Balaban J connectivity index is 2.58. The van der Waals surface area contributed by atoms with E-state index in [1.165, 1.54) is 16.7 Å². The summed E-state index contributed by atoms with van der Waals surface area (Å²) >= 11 is 0. The van der Waals surface area contributed by atoms with Crippen molar-refractivity contribution >= 4 is 5.57 Å². The van der Waals surface area contributed by atoms with Gasteiger partial charge in [0, 0.05) is 24.6 Å². The normalized spacial score (nSPS) is 14.5. The van der Waals surface area contributed by atoms with Crippen LogP contribution in [0.5, 0.6) is 0 Å². The Bertz CT molecular complexity index is 356. The minimum atomic E-state index is 0.885. The van der Waals surface area contributed by atoms with Crippen LogP contribution < -0.4 is 0 Å². The van der Waals surface area contributed by atoms with Crippen LogP contribution in [0.1, 0.15) is 16.7 Å². The van der Waals surface area contributed by atoms with E-state index >= 15 is 0 Å². The molecule has 1 aromatic rings. The molecule has 0 N–H and O–H groups in total. The second-order valence-corrected chi connectivity index (χ2v) is 3.22. The minimum absolute atomic E-state index is 0.885. The number of rotatable bonds is 0. The van der Waals surface area contributed by atoms with Crippen LogP contribution in [0, 0.1) is 13.5 Å². The molecule has 0 bridgehead atoms. The third-order valence-electron chi connectivity index (χ3n) is 2.21. The minimum Gasteiger partial charge on any atom is -0.0485 e. The van der Waals surface area contributed by atoms with Crippen LogP contribution in [0.3, 0.4) is 0 Å². The molecule has 58 valence electrons. The monoisotopic (exact) mass is 155 g/mol. The maximum absolute atomic E-state index is 5.83. The molecule has 0 aromatic heterocycles. The first-order chi connectivity index (χ1) is 5.77. The van der Waals surface area contributed by atoms with Crippen LogP contribution >= 0.6 is 0 Å². The molecule has 0 saturated heterocycles. The van der Waals surface area contributed by atoms with Crippen molar-refractivity contribution in [1.29, 1.82) is 0 Å². The predicted molar refractivity (Wildman–Crippen MR) is 51.7 cm³/mol. The summed E-state index contributed by atoms with van der Waals surface area (Å²) in [6, 6.07) is 6.40. The average molecular weight is 155 g/mol. The van der Waals surface area contributed by atoms with Crippen molar-refractivity contribution in [1.82, 2.24) is 0 Å². The van der Waals surface area contributed by atoms with Crippen LogP contribution in [0.15, 0.2) is 30.4 Å². The smallest absolute Gasteiger partial charge is 0.0485 e. The molecule has 12 heavy (non-hydrogen) atoms. The van der Waals surface area contributed by atoms with Crippen molar-refractivity contribution < 1.29 is 0 Å². The van der Waals surface area contributed by atoms with E-state index in [1.807, 2.05) is 6.08 Å². The van der Waals surface area contributed by atoms with Crippen LogP contribution in [0.2, 0.25) is 0 Å². The van der Waals surface area contributed by atoms with E-state index in [-0.39, 0.29) is 0 Å². The van der Waals surface area contributed by atoms with Crippen molar-refractivity contribution in [3.63, 3.8) is 0 Å². The SMILES string of the molecule is [CH+]=C1C=CCc2cc(C)ccc21. The lowest BCUT2D eigenvalue weighted by Gasteiger charge is -2.05. The van der Waals surface area contributed by atoms with Crippen LogP contribution in [0.25, 0.3) is 5.57 Å². The molecule has 0 saturated carbocycles. The second-order valence-electron chi connectivity index (χ2n) is 3.22. The van der Waals surface area contributed by atoms with Gasteiger partial charge in [0.2, 0.25) is 0 Å². The van der Waals surface area contributed by atoms with Crippen LogP contribution in [-0.2, 0) is 6.42 Å². The topological polar surface area (TPSA) is 0 Å². The zero-order valence-electron chi connectivity index (χ0n) is 7.17. The Morgan fingerprint density at radius 2 is 2.17 bits per heavy atom. The molecule has 0 nitrogen and oxygen atoms in total. The fourth-order valence-electron chi connectivity index (χ4n) is 1.58. The molecule has 2 rings (SSSR count). The Labute approximate surface area is 73.2 Å². The highest BCUT2D eigenvalue weighted by Gasteiger charge is 2.15. The fraction of sp³-hybridized carbons (Fsp3) is 0.167. The van der Waals surface area contributed by atoms with Gasteiger partial charge in [0.1, 0.15) is 0 Å². The van der Waals surface area contributed by atoms with E-state index in [2.05, 4.69) is 31.2 Å². The maximum atomic E-state index is 5.83. The Kier molecular flexibility index (Phi) is 1.56. The summed E-state index contributed by atoms with van der Waals surface area (Å²) in [7, 11) is 0. The van der Waals surface area contributed by atoms with Crippen molar-refractivity contribution in [3.8, 4) is 0 Å². The summed E-state index contributed by atoms with van der Waals surface area (Å²) in [5, 5.41) is 0. The zero-order valence-corrected chi connectivity index (χ0v) is 7.17. The molecular formula is C12H11+. The van der Waals surface area contributed by atoms with Crippen molar-refractivity contribution in [2.24, 2.45) is 0 Å². The van der Waals surface area contributed by atoms with E-state index in [9.17, 15) is 0 Å². The molecule has 1 aliphatic carbocycles. The van der Waals surface area contributed by atoms with Gasteiger partial charge in [0.25, 0.3) is 0 Å². The number of aryl methyl sites for hydroxylation is 1. The standard InChI is InChI=1S/C12H11/c1-9-6-7-12-10(2)4-3-5-11(12)8-9/h2-4,6-8H,5H2,1H3/q+1. The van der Waals surface area contributed by atoms with Gasteiger partial charge in [-0.3, -0.25) is 0 Å². The molecule has 1 aromatic carbocycles. The highest BCUT2D eigenvalue weighted by Crippen LogP contribution is 2.24. The Morgan fingerprint density at radius 3 is 3.00 bits per heavy atom. The first kappa shape index (κ1) is 7.27. The van der Waals surface area contributed by atoms with Crippen LogP contribution in [-0.4, -0.2) is 0 Å². The largest absolute Gasteiger partial charge is 0.187 e. The summed E-state index contributed by atoms with van der Waals surface area (Å²) in [5.41, 5.74) is 4.73. The van der Waals surface area contributed by atoms with Gasteiger partial charge >= 0.3 is 0 Å². The molecule has 0 heterocycles. The summed E-state index contributed by atoms with van der Waals surface area (Å²) < 4.78 is 0. The number of hydrogen-bond acceptors (Lipinski definition) is 0. The molecule has 0 amide bonds. The van der Waals surface area contributed by atoms with Gasteiger partial charge < -0.3 is 0 Å². The van der Waals surface area contributed by atoms with Gasteiger partial charge in [0.05, 0.1) is 11.6 Å². The van der Waals surface area contributed by atoms with Gasteiger partial charge in [-0.25, -0.2) is 0 Å². The van der Waals surface area contributed by atoms with E-state index in [1.54, 1.807) is 0 Å². The first-order valence-electron chi connectivity index (χ1n) is 4.16. The highest BCUT2D eigenvalue weighted by molar-refractivity contribution is 5.75. The lowest BCUT2D eigenvalue weighted by atomic mass is 9.92. The number of hydrogen-bond donors (Lipinski definition) is 0. The van der Waals surface area contributed by atoms with Gasteiger partial charge in [-0.15, -0.1) is 0 Å². The van der Waals surface area contributed by atoms with E-state index in [0.717, 1.165) is 12.0 Å². The average Bonchev–Trinajstić information content (AvgIpc) is 2.04. The molecule has 0 spiro atoms. The molecule has 0 radical (unpaired) electrons. The van der Waals surface area contributed by atoms with Crippen LogP contribution in [0.4, 0.5) is 0 Å². The van der Waals surface area contributed by atoms with Gasteiger partial charge in [0.15, 0.2) is 5.57 Å². The predicted octanol–water partition coefficient (Wildman–Crippen LogP) is 2.92. The molecule has 1 aliphatic rings. The third kappa shape index (κ3) is 1.07. The molecule has 0 heteroatoms. The first-order valence-corrected chi connectivity index (χ1v) is 4.16. The number of benzene rings is 1. The van der Waals surface area contributed by atoms with E-state index in [4.69, 9.17) is 6.58 Å². The van der Waals surface area contributed by atoms with Gasteiger partial charge in [-0.2, -0.15) is 0 Å². The molecule has 0 aliphatic heterocycles. The fourth-order valence-corrected chi connectivity index (χ4v) is 1.58. The summed E-state index contributed by atoms with van der Waals surface area (Å²) in [6.45, 7) is 7.93. The number of fused-ring (bicyclic) bond motifs is 1. The lowest BCUT2D eigenvalue weighted by Crippen LogP contribution is -1.95. The van der Waals surface area contributed by atoms with E-state index < -0.39 is 0 Å². The van der Waals surface area contributed by atoms with Crippen molar-refractivity contribution in [2.75, 3.05) is 0 Å². The van der Waals surface area contributed by atoms with Gasteiger partial charge in [-0.05, 0) is 30.7 Å². The Morgan fingerprint density at radius 1 is 1.33 bits per heavy atom. The van der Waals surface area contributed by atoms with Crippen molar-refractivity contribution in [3.05, 3.63) is 53.6 Å². The highest BCUT2D eigenvalue weighted by atomic mass is 14.1. The number of allylic oxidation sites excluding steroid dienone is 3. The summed E-state index contributed by atoms with van der Waals surface area (Å²) in [5.74, 6) is 0. The second kappa shape index (κ2) is 2.58. The zero-order chi connectivity index (χ0) is 8.55.